The van der Waals surface area contributed by atoms with Gasteiger partial charge >= 0.3 is 12.0 Å². The lowest BCUT2D eigenvalue weighted by Gasteiger charge is -2.46. The Morgan fingerprint density at radius 1 is 0.776 bits per heavy atom. The largest absolute Gasteiger partial charge is 0.491 e. The third-order valence-electron chi connectivity index (χ3n) is 14.7. The Labute approximate surface area is 438 Å². The molecule has 1 spiro atoms. The summed E-state index contributed by atoms with van der Waals surface area (Å²) >= 11 is 0. The summed E-state index contributed by atoms with van der Waals surface area (Å²) in [5.74, 6) is 2.77. The van der Waals surface area contributed by atoms with E-state index >= 15 is 19.2 Å². The molecule has 4 N–H and O–H groups in total. The summed E-state index contributed by atoms with van der Waals surface area (Å²) in [7, 11) is 0. The maximum atomic E-state index is 16.9. The molecule has 4 amide bonds. The number of carbonyl (C=O) groups is 4. The van der Waals surface area contributed by atoms with Gasteiger partial charge in [-0.2, -0.15) is 0 Å². The molecule has 8 unspecified atom stereocenters. The standard InChI is InChI=1S/C61H53N7O8/c1-39(41-20-6-2-7-21-41)63-60(74)67-48-33-32-40(19-18-34-66-49-30-16-15-29-47(49)64-65-66)37-46(48)61(59(67)73)52(57(71)62-38-50(70)42-22-8-3-9-23-42)54-58(72)76-55(44-26-12-5-13-27-44)53(43-24-10-4-11-25-43)68(54)56(61)45-28-14-17-31-51(45)75-36-35-69/h2-17,20-33,37,39,50,52-56,69-70H,34-36,38H2,1H3,(H,62,71)(H,63,74). The van der Waals surface area contributed by atoms with Crippen molar-refractivity contribution in [2.24, 2.45) is 5.92 Å². The molecule has 2 saturated heterocycles. The van der Waals surface area contributed by atoms with E-state index in [1.54, 1.807) is 71.4 Å². The number of carbonyl (C=O) groups excluding carboxylic acids is 4. The molecule has 380 valence electrons. The molecule has 0 saturated carbocycles. The first-order valence-corrected chi connectivity index (χ1v) is 25.2. The van der Waals surface area contributed by atoms with Crippen molar-refractivity contribution in [2.45, 2.75) is 55.3 Å². The molecular weight excluding hydrogens is 959 g/mol. The van der Waals surface area contributed by atoms with Gasteiger partial charge in [-0.15, -0.1) is 5.10 Å². The first-order valence-electron chi connectivity index (χ1n) is 25.2. The third kappa shape index (κ3) is 8.81. The second-order valence-corrected chi connectivity index (χ2v) is 19.0. The summed E-state index contributed by atoms with van der Waals surface area (Å²) in [6.45, 7) is 1.20. The van der Waals surface area contributed by atoms with E-state index in [9.17, 15) is 10.2 Å². The van der Waals surface area contributed by atoms with E-state index in [1.165, 1.54) is 0 Å². The molecule has 8 aromatic rings. The molecule has 0 aliphatic carbocycles. The second kappa shape index (κ2) is 21.1. The van der Waals surface area contributed by atoms with Crippen LogP contribution in [0.15, 0.2) is 188 Å². The van der Waals surface area contributed by atoms with Gasteiger partial charge in [-0.05, 0) is 71.1 Å². The predicted molar refractivity (Wildman–Crippen MR) is 283 cm³/mol. The molecule has 4 heterocycles. The van der Waals surface area contributed by atoms with Gasteiger partial charge in [-0.3, -0.25) is 19.3 Å². The number of ether oxygens (including phenoxy) is 2. The summed E-state index contributed by atoms with van der Waals surface area (Å²) in [6, 6.07) is 51.6. The molecule has 1 aromatic heterocycles. The number of aliphatic hydroxyl groups is 2. The molecule has 15 heteroatoms. The minimum absolute atomic E-state index is 0.129. The SMILES string of the molecule is CC(NC(=O)N1C(=O)C2(c3cc(C#CCn4nnc5ccccc54)ccc31)C(C(=O)NCC(O)c1ccccc1)C1C(=O)OC(c3ccccc3)C(c3ccccc3)N1C2c1ccccc1OCCO)c1ccccc1. The van der Waals surface area contributed by atoms with E-state index in [0.29, 0.717) is 33.3 Å². The van der Waals surface area contributed by atoms with Gasteiger partial charge in [0.2, 0.25) is 11.8 Å². The lowest BCUT2D eigenvalue weighted by atomic mass is 9.65. The molecule has 15 nitrogen and oxygen atoms in total. The lowest BCUT2D eigenvalue weighted by Crippen LogP contribution is -2.56. The Morgan fingerprint density at radius 2 is 1.42 bits per heavy atom. The maximum absolute atomic E-state index is 16.9. The number of rotatable bonds is 13. The van der Waals surface area contributed by atoms with Crippen LogP contribution < -0.4 is 20.3 Å². The number of hydrogen-bond acceptors (Lipinski definition) is 11. The van der Waals surface area contributed by atoms with Gasteiger partial charge in [0, 0.05) is 17.7 Å². The van der Waals surface area contributed by atoms with Crippen LogP contribution in [-0.2, 0) is 31.1 Å². The average molecular weight is 1010 g/mol. The molecule has 8 atom stereocenters. The third-order valence-corrected chi connectivity index (χ3v) is 14.7. The molecule has 2 fully saturated rings. The van der Waals surface area contributed by atoms with Crippen LogP contribution in [0.1, 0.15) is 76.2 Å². The highest BCUT2D eigenvalue weighted by Crippen LogP contribution is 2.66. The van der Waals surface area contributed by atoms with Gasteiger partial charge in [0.25, 0.3) is 0 Å². The monoisotopic (exact) mass is 1010 g/mol. The number of anilines is 1. The molecular formula is C61H53N7O8. The summed E-state index contributed by atoms with van der Waals surface area (Å²) < 4.78 is 14.7. The summed E-state index contributed by atoms with van der Waals surface area (Å²) in [4.78, 5) is 66.8. The molecule has 7 aromatic carbocycles. The van der Waals surface area contributed by atoms with Crippen molar-refractivity contribution in [1.82, 2.24) is 30.5 Å². The van der Waals surface area contributed by atoms with E-state index in [2.05, 4.69) is 32.8 Å². The molecule has 0 bridgehead atoms. The van der Waals surface area contributed by atoms with Crippen molar-refractivity contribution in [3.63, 3.8) is 0 Å². The first kappa shape index (κ1) is 49.3. The number of cyclic esters (lactones) is 1. The van der Waals surface area contributed by atoms with Crippen LogP contribution in [0.25, 0.3) is 11.0 Å². The van der Waals surface area contributed by atoms with Crippen molar-refractivity contribution in [2.75, 3.05) is 24.7 Å². The fourth-order valence-electron chi connectivity index (χ4n) is 11.4. The number of esters is 1. The summed E-state index contributed by atoms with van der Waals surface area (Å²) in [5, 5.41) is 36.4. The number of imide groups is 1. The van der Waals surface area contributed by atoms with Crippen LogP contribution in [0.3, 0.4) is 0 Å². The topological polar surface area (TPSA) is 188 Å². The number of para-hydroxylation sites is 2. The van der Waals surface area contributed by atoms with E-state index < -0.39 is 71.5 Å². The zero-order valence-electron chi connectivity index (χ0n) is 41.3. The number of aliphatic hydroxyl groups excluding tert-OH is 2. The molecule has 0 radical (unpaired) electrons. The van der Waals surface area contributed by atoms with Crippen molar-refractivity contribution in [3.8, 4) is 17.6 Å². The van der Waals surface area contributed by atoms with Crippen molar-refractivity contribution < 1.29 is 38.9 Å². The van der Waals surface area contributed by atoms with Gasteiger partial charge in [-0.25, -0.2) is 14.4 Å². The number of hydrogen-bond donors (Lipinski definition) is 4. The van der Waals surface area contributed by atoms with E-state index in [4.69, 9.17) is 9.47 Å². The molecule has 76 heavy (non-hydrogen) atoms. The van der Waals surface area contributed by atoms with Crippen LogP contribution in [0.2, 0.25) is 0 Å². The normalized spacial score (nSPS) is 21.5. The van der Waals surface area contributed by atoms with Crippen LogP contribution in [0, 0.1) is 17.8 Å². The second-order valence-electron chi connectivity index (χ2n) is 19.0. The highest BCUT2D eigenvalue weighted by atomic mass is 16.6. The van der Waals surface area contributed by atoms with Gasteiger partial charge in [0.15, 0.2) is 0 Å². The highest BCUT2D eigenvalue weighted by molar-refractivity contribution is 6.24. The van der Waals surface area contributed by atoms with Crippen LogP contribution in [0.5, 0.6) is 5.75 Å². The number of nitrogens with one attached hydrogen (secondary N) is 2. The molecule has 3 aliphatic rings. The lowest BCUT2D eigenvalue weighted by molar-refractivity contribution is -0.178. The zero-order valence-corrected chi connectivity index (χ0v) is 41.3. The molecule has 11 rings (SSSR count). The van der Waals surface area contributed by atoms with Gasteiger partial charge in [0.1, 0.15) is 42.0 Å². The Balaban J connectivity index is 1.17. The first-order chi connectivity index (χ1) is 37.2. The number of nitrogens with zero attached hydrogens (tertiary/aromatic N) is 5. The average Bonchev–Trinajstić information content (AvgIpc) is 4.25. The molecule has 3 aliphatic heterocycles. The zero-order chi connectivity index (χ0) is 52.3. The minimum Gasteiger partial charge on any atom is -0.491 e. The number of morpholine rings is 1. The number of fused-ring (bicyclic) bond motifs is 4. The van der Waals surface area contributed by atoms with E-state index in [0.717, 1.165) is 16.0 Å². The van der Waals surface area contributed by atoms with Crippen molar-refractivity contribution in [1.29, 1.82) is 0 Å². The summed E-state index contributed by atoms with van der Waals surface area (Å²) in [5.41, 5.74) is 3.26. The Kier molecular flexibility index (Phi) is 13.7. The number of amides is 4. The van der Waals surface area contributed by atoms with Gasteiger partial charge in [0.05, 0.1) is 48.0 Å². The maximum Gasteiger partial charge on any atom is 0.329 e. The number of urea groups is 1. The quantitative estimate of drug-likeness (QED) is 0.0651. The Bertz CT molecular complexity index is 3500. The summed E-state index contributed by atoms with van der Waals surface area (Å²) in [6.07, 6.45) is -2.16. The van der Waals surface area contributed by atoms with Crippen molar-refractivity contribution >= 4 is 40.5 Å². The predicted octanol–water partition coefficient (Wildman–Crippen LogP) is 7.84. The van der Waals surface area contributed by atoms with Gasteiger partial charge in [-0.1, -0.05) is 169 Å². The fourth-order valence-corrected chi connectivity index (χ4v) is 11.4. The Hall–Kier alpha value is -8.94. The number of aromatic nitrogens is 3. The van der Waals surface area contributed by atoms with E-state index in [1.807, 2.05) is 133 Å². The highest BCUT2D eigenvalue weighted by Gasteiger charge is 2.76. The smallest absolute Gasteiger partial charge is 0.329 e. The van der Waals surface area contributed by atoms with Crippen LogP contribution in [-0.4, -0.2) is 79.7 Å². The number of benzene rings is 7. The fraction of sp³-hybridized carbons (Fsp3) is 0.213. The van der Waals surface area contributed by atoms with Crippen LogP contribution >= 0.6 is 0 Å². The minimum atomic E-state index is -2.16. The van der Waals surface area contributed by atoms with Crippen LogP contribution in [0.4, 0.5) is 10.5 Å². The van der Waals surface area contributed by atoms with Crippen molar-refractivity contribution in [3.05, 3.63) is 227 Å². The Morgan fingerprint density at radius 3 is 2.14 bits per heavy atom. The van der Waals surface area contributed by atoms with E-state index in [-0.39, 0.29) is 43.3 Å². The van der Waals surface area contributed by atoms with Gasteiger partial charge < -0.3 is 30.3 Å².